The van der Waals surface area contributed by atoms with Crippen LogP contribution in [0.2, 0.25) is 0 Å². The first kappa shape index (κ1) is 20.9. The summed E-state index contributed by atoms with van der Waals surface area (Å²) in [6, 6.07) is 18.3. The van der Waals surface area contributed by atoms with Gasteiger partial charge >= 0.3 is 5.97 Å². The molecule has 1 heterocycles. The monoisotopic (exact) mass is 454 g/mol. The van der Waals surface area contributed by atoms with Gasteiger partial charge in [-0.25, -0.2) is 4.79 Å². The van der Waals surface area contributed by atoms with E-state index in [0.29, 0.717) is 10.7 Å². The van der Waals surface area contributed by atoms with E-state index in [-0.39, 0.29) is 5.97 Å². The number of rotatable bonds is 5. The van der Waals surface area contributed by atoms with Gasteiger partial charge in [0, 0.05) is 14.7 Å². The van der Waals surface area contributed by atoms with Gasteiger partial charge in [-0.05, 0) is 67.7 Å². The fourth-order valence-electron chi connectivity index (χ4n) is 3.50. The molecule has 4 rings (SSSR count). The number of thiophene rings is 1. The minimum absolute atomic E-state index is 0.306. The maximum absolute atomic E-state index is 12.4. The van der Waals surface area contributed by atoms with Crippen LogP contribution in [0.4, 0.5) is 10.7 Å². The van der Waals surface area contributed by atoms with Crippen LogP contribution in [0.5, 0.6) is 0 Å². The number of hydrogen-bond acceptors (Lipinski definition) is 5. The molecule has 0 unspecified atom stereocenters. The zero-order chi connectivity index (χ0) is 20.9. The molecule has 0 fully saturated rings. The second kappa shape index (κ2) is 9.64. The molecule has 1 aliphatic rings. The number of aryl methyl sites for hydroxylation is 1. The van der Waals surface area contributed by atoms with Gasteiger partial charge in [0.25, 0.3) is 0 Å². The highest BCUT2D eigenvalue weighted by Gasteiger charge is 2.26. The van der Waals surface area contributed by atoms with Gasteiger partial charge in [-0.1, -0.05) is 42.1 Å². The lowest BCUT2D eigenvalue weighted by atomic mass is 9.95. The van der Waals surface area contributed by atoms with Crippen LogP contribution in [0.1, 0.15) is 33.6 Å². The summed E-state index contributed by atoms with van der Waals surface area (Å²) in [5, 5.41) is 7.77. The van der Waals surface area contributed by atoms with Crippen molar-refractivity contribution in [3.63, 3.8) is 0 Å². The van der Waals surface area contributed by atoms with Crippen LogP contribution in [0.15, 0.2) is 64.4 Å². The van der Waals surface area contributed by atoms with Crippen molar-refractivity contribution in [2.45, 2.75) is 35.5 Å². The molecule has 154 valence electrons. The quantitative estimate of drug-likeness (QED) is 0.345. The molecule has 0 radical (unpaired) electrons. The smallest absolute Gasteiger partial charge is 0.341 e. The van der Waals surface area contributed by atoms with Crippen LogP contribution in [-0.2, 0) is 17.6 Å². The Kier molecular flexibility index (Phi) is 6.72. The number of hydrogen-bond donors (Lipinski definition) is 2. The second-order valence-corrected chi connectivity index (χ2v) is 9.53. The minimum atomic E-state index is -0.306. The first-order valence-corrected chi connectivity index (χ1v) is 11.8. The molecule has 2 aromatic carbocycles. The molecule has 0 aliphatic heterocycles. The van der Waals surface area contributed by atoms with Crippen molar-refractivity contribution in [1.82, 2.24) is 0 Å². The largest absolute Gasteiger partial charge is 0.465 e. The van der Waals surface area contributed by atoms with Gasteiger partial charge in [0.2, 0.25) is 0 Å². The molecule has 30 heavy (non-hydrogen) atoms. The van der Waals surface area contributed by atoms with Crippen molar-refractivity contribution in [3.8, 4) is 0 Å². The number of esters is 1. The zero-order valence-electron chi connectivity index (χ0n) is 16.6. The Bertz CT molecular complexity index is 1060. The number of benzene rings is 2. The van der Waals surface area contributed by atoms with E-state index >= 15 is 0 Å². The highest BCUT2D eigenvalue weighted by molar-refractivity contribution is 7.99. The maximum Gasteiger partial charge on any atom is 0.341 e. The molecule has 0 bridgehead atoms. The van der Waals surface area contributed by atoms with Gasteiger partial charge in [0.05, 0.1) is 18.4 Å². The lowest BCUT2D eigenvalue weighted by Gasteiger charge is -2.14. The summed E-state index contributed by atoms with van der Waals surface area (Å²) < 4.78 is 5.05. The highest BCUT2D eigenvalue weighted by atomic mass is 32.2. The number of ether oxygens (including phenoxy) is 1. The van der Waals surface area contributed by atoms with Crippen LogP contribution in [0.25, 0.3) is 0 Å². The molecule has 0 spiro atoms. The van der Waals surface area contributed by atoms with Crippen molar-refractivity contribution in [2.75, 3.05) is 17.7 Å². The van der Waals surface area contributed by atoms with Gasteiger partial charge in [-0.15, -0.1) is 11.3 Å². The molecule has 1 aliphatic carbocycles. The molecule has 0 saturated carbocycles. The molecule has 2 N–H and O–H groups in total. The Labute approximate surface area is 190 Å². The van der Waals surface area contributed by atoms with Crippen molar-refractivity contribution in [1.29, 1.82) is 0 Å². The summed E-state index contributed by atoms with van der Waals surface area (Å²) in [6.07, 6.45) is 4.16. The molecule has 7 heteroatoms. The van der Waals surface area contributed by atoms with Gasteiger partial charge in [0.1, 0.15) is 5.00 Å². The third-order valence-electron chi connectivity index (χ3n) is 4.89. The average molecular weight is 455 g/mol. The first-order chi connectivity index (χ1) is 14.7. The molecule has 0 atom stereocenters. The highest BCUT2D eigenvalue weighted by Crippen LogP contribution is 2.39. The number of thiocarbonyl (C=S) groups is 1. The average Bonchev–Trinajstić information content (AvgIpc) is 3.13. The van der Waals surface area contributed by atoms with Crippen molar-refractivity contribution < 1.29 is 9.53 Å². The Balaban J connectivity index is 1.54. The van der Waals surface area contributed by atoms with Crippen molar-refractivity contribution in [3.05, 3.63) is 70.6 Å². The Hall–Kier alpha value is -2.35. The van der Waals surface area contributed by atoms with E-state index in [4.69, 9.17) is 17.0 Å². The van der Waals surface area contributed by atoms with Gasteiger partial charge in [-0.3, -0.25) is 0 Å². The molecule has 0 saturated heterocycles. The van der Waals surface area contributed by atoms with Gasteiger partial charge in [-0.2, -0.15) is 0 Å². The molecule has 4 nitrogen and oxygen atoms in total. The van der Waals surface area contributed by atoms with Crippen LogP contribution < -0.4 is 10.6 Å². The topological polar surface area (TPSA) is 50.4 Å². The maximum atomic E-state index is 12.4. The van der Waals surface area contributed by atoms with E-state index in [9.17, 15) is 4.79 Å². The number of carbonyl (C=O) groups is 1. The van der Waals surface area contributed by atoms with Crippen molar-refractivity contribution >= 4 is 57.1 Å². The van der Waals surface area contributed by atoms with Crippen LogP contribution in [0, 0.1) is 0 Å². The molecule has 1 aromatic heterocycles. The van der Waals surface area contributed by atoms with Crippen molar-refractivity contribution in [2.24, 2.45) is 0 Å². The number of methoxy groups -OCH3 is 1. The Morgan fingerprint density at radius 3 is 2.57 bits per heavy atom. The number of nitrogens with one attached hydrogen (secondary N) is 2. The Morgan fingerprint density at radius 1 is 1.03 bits per heavy atom. The summed E-state index contributed by atoms with van der Waals surface area (Å²) in [5.41, 5.74) is 2.67. The first-order valence-electron chi connectivity index (χ1n) is 9.78. The Morgan fingerprint density at radius 2 is 1.77 bits per heavy atom. The summed E-state index contributed by atoms with van der Waals surface area (Å²) in [7, 11) is 1.42. The third kappa shape index (κ3) is 4.69. The molecule has 0 amide bonds. The zero-order valence-corrected chi connectivity index (χ0v) is 19.0. The molecular formula is C23H22N2O2S3. The summed E-state index contributed by atoms with van der Waals surface area (Å²) in [5.74, 6) is -0.306. The minimum Gasteiger partial charge on any atom is -0.465 e. The van der Waals surface area contributed by atoms with Crippen LogP contribution >= 0.6 is 35.3 Å². The molecular weight excluding hydrogens is 432 g/mol. The number of carbonyl (C=O) groups excluding carboxylic acids is 1. The predicted molar refractivity (Wildman–Crippen MR) is 129 cm³/mol. The number of fused-ring (bicyclic) bond motifs is 1. The second-order valence-electron chi connectivity index (χ2n) is 6.90. The normalized spacial score (nSPS) is 12.7. The van der Waals surface area contributed by atoms with E-state index in [0.717, 1.165) is 51.7 Å². The number of para-hydroxylation sites is 1. The predicted octanol–water partition coefficient (Wildman–Crippen LogP) is 6.37. The summed E-state index contributed by atoms with van der Waals surface area (Å²) in [6.45, 7) is 0. The lowest BCUT2D eigenvalue weighted by Crippen LogP contribution is -2.20. The SMILES string of the molecule is COC(=O)c1c(NC(=S)Nc2ccccc2Sc2ccccc2)sc2c1CCCC2. The summed E-state index contributed by atoms with van der Waals surface area (Å²) >= 11 is 8.87. The van der Waals surface area contributed by atoms with E-state index in [1.54, 1.807) is 23.1 Å². The fourth-order valence-corrected chi connectivity index (χ4v) is 5.98. The fraction of sp³-hybridized carbons (Fsp3) is 0.217. The van der Waals surface area contributed by atoms with Gasteiger partial charge < -0.3 is 15.4 Å². The van der Waals surface area contributed by atoms with E-state index in [1.807, 2.05) is 36.4 Å². The van der Waals surface area contributed by atoms with Crippen LogP contribution in [0.3, 0.4) is 0 Å². The van der Waals surface area contributed by atoms with E-state index in [2.05, 4.69) is 28.8 Å². The lowest BCUT2D eigenvalue weighted by molar-refractivity contribution is 0.0601. The van der Waals surface area contributed by atoms with E-state index < -0.39 is 0 Å². The molecule has 3 aromatic rings. The number of anilines is 2. The third-order valence-corrected chi connectivity index (χ3v) is 7.39. The van der Waals surface area contributed by atoms with Crippen LogP contribution in [-0.4, -0.2) is 18.2 Å². The van der Waals surface area contributed by atoms with E-state index in [1.165, 1.54) is 12.0 Å². The standard InChI is InChI=1S/C23H22N2O2S3/c1-27-22(26)20-16-11-5-7-13-18(16)30-21(20)25-23(28)24-17-12-6-8-14-19(17)29-15-9-3-2-4-10-15/h2-4,6,8-10,12,14H,5,7,11,13H2,1H3,(H2,24,25,28). The summed E-state index contributed by atoms with van der Waals surface area (Å²) in [4.78, 5) is 15.9. The van der Waals surface area contributed by atoms with Gasteiger partial charge in [0.15, 0.2) is 5.11 Å².